The molecular formula is C18H24N4O3. The molecule has 2 aromatic rings. The van der Waals surface area contributed by atoms with Crippen molar-refractivity contribution in [1.29, 1.82) is 0 Å². The Morgan fingerprint density at radius 3 is 2.84 bits per heavy atom. The molecule has 3 heterocycles. The average molecular weight is 344 g/mol. The van der Waals surface area contributed by atoms with Gasteiger partial charge in [0.25, 0.3) is 0 Å². The molecule has 0 radical (unpaired) electrons. The lowest BCUT2D eigenvalue weighted by Crippen LogP contribution is -2.42. The summed E-state index contributed by atoms with van der Waals surface area (Å²) >= 11 is 0. The molecule has 1 amide bonds. The van der Waals surface area contributed by atoms with E-state index < -0.39 is 5.60 Å². The number of hydrogen-bond donors (Lipinski definition) is 2. The van der Waals surface area contributed by atoms with E-state index in [-0.39, 0.29) is 17.7 Å². The number of carbonyl (C=O) groups excluding carboxylic acids is 1. The predicted molar refractivity (Wildman–Crippen MR) is 96.9 cm³/mol. The van der Waals surface area contributed by atoms with E-state index in [0.29, 0.717) is 18.1 Å². The fourth-order valence-corrected chi connectivity index (χ4v) is 3.02. The molecule has 1 fully saturated rings. The van der Waals surface area contributed by atoms with Crippen molar-refractivity contribution in [2.24, 2.45) is 5.92 Å². The number of ether oxygens (including phenoxy) is 1. The maximum atomic E-state index is 12.0. The highest BCUT2D eigenvalue weighted by Gasteiger charge is 2.32. The highest BCUT2D eigenvalue weighted by atomic mass is 16.6. The monoisotopic (exact) mass is 344 g/mol. The molecule has 0 spiro atoms. The Morgan fingerprint density at radius 1 is 1.36 bits per heavy atom. The van der Waals surface area contributed by atoms with Gasteiger partial charge >= 0.3 is 6.09 Å². The Labute approximate surface area is 146 Å². The van der Waals surface area contributed by atoms with Crippen molar-refractivity contribution in [2.75, 3.05) is 18.0 Å². The second-order valence-electron chi connectivity index (χ2n) is 7.59. The quantitative estimate of drug-likeness (QED) is 0.873. The van der Waals surface area contributed by atoms with Crippen LogP contribution in [0.3, 0.4) is 0 Å². The molecule has 7 heteroatoms. The zero-order valence-electron chi connectivity index (χ0n) is 15.0. The zero-order chi connectivity index (χ0) is 18.2. The molecule has 0 aliphatic carbocycles. The summed E-state index contributed by atoms with van der Waals surface area (Å²) in [4.78, 5) is 32.6. The number of hydrogen-bond acceptors (Lipinski definition) is 5. The third-order valence-electron chi connectivity index (χ3n) is 4.24. The molecule has 1 saturated heterocycles. The van der Waals surface area contributed by atoms with Crippen molar-refractivity contribution in [2.45, 2.75) is 39.3 Å². The van der Waals surface area contributed by atoms with Gasteiger partial charge in [0.05, 0.1) is 17.9 Å². The number of carbonyl (C=O) groups is 1. The molecule has 134 valence electrons. The average Bonchev–Trinajstić information content (AvgIpc) is 2.85. The molecule has 0 saturated carbocycles. The van der Waals surface area contributed by atoms with E-state index >= 15 is 0 Å². The van der Waals surface area contributed by atoms with Crippen LogP contribution in [0.2, 0.25) is 0 Å². The lowest BCUT2D eigenvalue weighted by Gasteiger charge is -2.23. The third-order valence-corrected chi connectivity index (χ3v) is 4.24. The van der Waals surface area contributed by atoms with Gasteiger partial charge in [-0.25, -0.2) is 9.78 Å². The fraction of sp³-hybridized carbons (Fsp3) is 0.500. The number of fused-ring (bicyclic) bond motifs is 1. The van der Waals surface area contributed by atoms with Gasteiger partial charge in [-0.15, -0.1) is 0 Å². The molecule has 0 aromatic carbocycles. The van der Waals surface area contributed by atoms with Crippen LogP contribution < -0.4 is 15.8 Å². The van der Waals surface area contributed by atoms with Gasteiger partial charge in [0, 0.05) is 24.5 Å². The smallest absolute Gasteiger partial charge is 0.407 e. The number of aromatic amines is 1. The van der Waals surface area contributed by atoms with Gasteiger partial charge in [0.15, 0.2) is 0 Å². The molecule has 0 bridgehead atoms. The van der Waals surface area contributed by atoms with Gasteiger partial charge in [-0.3, -0.25) is 4.79 Å². The lowest BCUT2D eigenvalue weighted by atomic mass is 10.1. The van der Waals surface area contributed by atoms with Crippen LogP contribution >= 0.6 is 0 Å². The van der Waals surface area contributed by atoms with E-state index in [1.807, 2.05) is 26.8 Å². The number of H-pyrrole nitrogens is 1. The first-order valence-electron chi connectivity index (χ1n) is 8.45. The number of amides is 1. The second kappa shape index (κ2) is 6.38. The fourth-order valence-electron chi connectivity index (χ4n) is 3.02. The first-order chi connectivity index (χ1) is 11.7. The van der Waals surface area contributed by atoms with E-state index in [9.17, 15) is 9.59 Å². The number of nitrogens with zero attached hydrogens (tertiary/aromatic N) is 2. The van der Waals surface area contributed by atoms with Crippen LogP contribution in [0.1, 0.15) is 27.7 Å². The van der Waals surface area contributed by atoms with Crippen LogP contribution in [0, 0.1) is 5.92 Å². The largest absolute Gasteiger partial charge is 0.444 e. The number of pyridine rings is 2. The summed E-state index contributed by atoms with van der Waals surface area (Å²) in [5.41, 5.74) is 0.876. The molecule has 1 aliphatic heterocycles. The van der Waals surface area contributed by atoms with E-state index in [1.54, 1.807) is 12.3 Å². The molecule has 2 atom stereocenters. The van der Waals surface area contributed by atoms with Crippen molar-refractivity contribution >= 4 is 22.8 Å². The van der Waals surface area contributed by atoms with Gasteiger partial charge in [-0.05, 0) is 38.8 Å². The normalized spacial score (nSPS) is 20.7. The molecule has 2 aromatic heterocycles. The molecule has 3 rings (SSSR count). The zero-order valence-corrected chi connectivity index (χ0v) is 15.0. The third kappa shape index (κ3) is 4.10. The number of alkyl carbamates (subject to hydrolysis) is 1. The van der Waals surface area contributed by atoms with Crippen molar-refractivity contribution in [3.05, 3.63) is 34.7 Å². The van der Waals surface area contributed by atoms with Crippen LogP contribution in [0.5, 0.6) is 0 Å². The van der Waals surface area contributed by atoms with Crippen molar-refractivity contribution < 1.29 is 9.53 Å². The molecular weight excluding hydrogens is 320 g/mol. The Hall–Kier alpha value is -2.57. The highest BCUT2D eigenvalue weighted by molar-refractivity contribution is 5.78. The Bertz CT molecular complexity index is 840. The topological polar surface area (TPSA) is 87.3 Å². The van der Waals surface area contributed by atoms with Crippen LogP contribution in [0.15, 0.2) is 29.2 Å². The lowest BCUT2D eigenvalue weighted by molar-refractivity contribution is 0.0499. The van der Waals surface area contributed by atoms with Gasteiger partial charge in [0.2, 0.25) is 5.56 Å². The summed E-state index contributed by atoms with van der Waals surface area (Å²) in [5.74, 6) is 0.291. The number of aromatic nitrogens is 2. The van der Waals surface area contributed by atoms with Crippen LogP contribution in [0.4, 0.5) is 10.5 Å². The molecule has 0 unspecified atom stereocenters. The van der Waals surface area contributed by atoms with Gasteiger partial charge in [0.1, 0.15) is 11.2 Å². The Kier molecular flexibility index (Phi) is 4.41. The first kappa shape index (κ1) is 17.3. The first-order valence-corrected chi connectivity index (χ1v) is 8.45. The van der Waals surface area contributed by atoms with E-state index in [0.717, 1.165) is 17.6 Å². The Morgan fingerprint density at radius 2 is 2.12 bits per heavy atom. The maximum Gasteiger partial charge on any atom is 0.407 e. The minimum absolute atomic E-state index is 0.0149. The summed E-state index contributed by atoms with van der Waals surface area (Å²) in [6.45, 7) is 9.16. The number of nitrogens with one attached hydrogen (secondary N) is 2. The van der Waals surface area contributed by atoms with Crippen LogP contribution in [0.25, 0.3) is 11.0 Å². The standard InChI is InChI=1S/C18H24N4O3/c1-11-9-22(10-14(11)20-17(24)25-18(2,3)4)13-7-12-5-6-15(23)21-16(12)19-8-13/h5-8,11,14H,9-10H2,1-4H3,(H,20,24)(H,19,21,23)/t11-,14+/m0/s1. The van der Waals surface area contributed by atoms with Crippen LogP contribution in [-0.2, 0) is 4.74 Å². The molecule has 1 aliphatic rings. The van der Waals surface area contributed by atoms with E-state index in [4.69, 9.17) is 4.74 Å². The summed E-state index contributed by atoms with van der Waals surface area (Å²) in [5, 5.41) is 3.84. The summed E-state index contributed by atoms with van der Waals surface area (Å²) in [7, 11) is 0. The van der Waals surface area contributed by atoms with Crippen LogP contribution in [-0.4, -0.2) is 40.8 Å². The van der Waals surface area contributed by atoms with Crippen molar-refractivity contribution in [3.63, 3.8) is 0 Å². The van der Waals surface area contributed by atoms with Gasteiger partial charge < -0.3 is 19.9 Å². The number of anilines is 1. The molecule has 2 N–H and O–H groups in total. The van der Waals surface area contributed by atoms with Crippen molar-refractivity contribution in [1.82, 2.24) is 15.3 Å². The van der Waals surface area contributed by atoms with Gasteiger partial charge in [-0.1, -0.05) is 6.92 Å². The summed E-state index contributed by atoms with van der Waals surface area (Å²) < 4.78 is 5.34. The van der Waals surface area contributed by atoms with Gasteiger partial charge in [-0.2, -0.15) is 0 Å². The van der Waals surface area contributed by atoms with E-state index in [2.05, 4.69) is 27.1 Å². The maximum absolute atomic E-state index is 12.0. The minimum Gasteiger partial charge on any atom is -0.444 e. The minimum atomic E-state index is -0.509. The molecule has 7 nitrogen and oxygen atoms in total. The SMILES string of the molecule is C[C@H]1CN(c2cnc3[nH]c(=O)ccc3c2)C[C@H]1NC(=O)OC(C)(C)C. The highest BCUT2D eigenvalue weighted by Crippen LogP contribution is 2.25. The van der Waals surface area contributed by atoms with E-state index in [1.165, 1.54) is 6.07 Å². The summed E-state index contributed by atoms with van der Waals surface area (Å²) in [6.07, 6.45) is 1.36. The number of rotatable bonds is 2. The second-order valence-corrected chi connectivity index (χ2v) is 7.59. The Balaban J connectivity index is 1.71. The molecule has 25 heavy (non-hydrogen) atoms. The van der Waals surface area contributed by atoms with Crippen molar-refractivity contribution in [3.8, 4) is 0 Å². The summed E-state index contributed by atoms with van der Waals surface area (Å²) in [6, 6.07) is 5.27. The predicted octanol–water partition coefficient (Wildman–Crippen LogP) is 2.27.